The van der Waals surface area contributed by atoms with Crippen molar-refractivity contribution in [2.75, 3.05) is 41.3 Å². The van der Waals surface area contributed by atoms with Gasteiger partial charge in [-0.25, -0.2) is 14.3 Å². The van der Waals surface area contributed by atoms with Crippen LogP contribution in [-0.2, 0) is 6.42 Å². The van der Waals surface area contributed by atoms with Crippen LogP contribution in [0.3, 0.4) is 0 Å². The summed E-state index contributed by atoms with van der Waals surface area (Å²) in [4.78, 5) is 21.9. The van der Waals surface area contributed by atoms with Crippen LogP contribution in [0.15, 0.2) is 30.6 Å². The first-order valence-corrected chi connectivity index (χ1v) is 10.5. The lowest BCUT2D eigenvalue weighted by atomic mass is 10.1. The molecule has 0 aromatic carbocycles. The molecular weight excluding hydrogens is 378 g/mol. The van der Waals surface area contributed by atoms with Crippen molar-refractivity contribution >= 4 is 28.7 Å². The molecule has 1 atom stereocenters. The minimum absolute atomic E-state index is 0.143. The SMILES string of the molecule is Cc1cc2cc(NC(=O)N3CCc4c(N5CCN[C@@H](C)C5)ccnc43)c(C)cn2n1. The Hall–Kier alpha value is -3.13. The quantitative estimate of drug-likeness (QED) is 0.686. The van der Waals surface area contributed by atoms with Crippen molar-refractivity contribution in [2.24, 2.45) is 0 Å². The fraction of sp³-hybridized carbons (Fsp3) is 0.409. The van der Waals surface area contributed by atoms with E-state index in [0.717, 1.165) is 54.3 Å². The Morgan fingerprint density at radius 1 is 1.27 bits per heavy atom. The van der Waals surface area contributed by atoms with Gasteiger partial charge in [0.25, 0.3) is 0 Å². The summed E-state index contributed by atoms with van der Waals surface area (Å²) < 4.78 is 1.84. The molecule has 0 spiro atoms. The van der Waals surface area contributed by atoms with E-state index in [9.17, 15) is 4.79 Å². The van der Waals surface area contributed by atoms with E-state index in [2.05, 4.69) is 38.6 Å². The molecule has 0 saturated carbocycles. The number of amides is 2. The van der Waals surface area contributed by atoms with Crippen molar-refractivity contribution in [3.05, 3.63) is 47.4 Å². The molecular formula is C22H27N7O. The number of aromatic nitrogens is 3. The van der Waals surface area contributed by atoms with Crippen LogP contribution in [0.2, 0.25) is 0 Å². The number of carbonyl (C=O) groups excluding carboxylic acids is 1. The molecule has 2 aliphatic rings. The zero-order valence-corrected chi connectivity index (χ0v) is 17.6. The van der Waals surface area contributed by atoms with Crippen LogP contribution < -0.4 is 20.4 Å². The van der Waals surface area contributed by atoms with E-state index in [1.807, 2.05) is 42.9 Å². The number of aryl methyl sites for hydroxylation is 2. The fourth-order valence-electron chi connectivity index (χ4n) is 4.50. The molecule has 2 aliphatic heterocycles. The minimum Gasteiger partial charge on any atom is -0.368 e. The maximum Gasteiger partial charge on any atom is 0.327 e. The molecule has 0 radical (unpaired) electrons. The lowest BCUT2D eigenvalue weighted by Gasteiger charge is -2.34. The Balaban J connectivity index is 1.40. The number of pyridine rings is 2. The lowest BCUT2D eigenvalue weighted by molar-refractivity contribution is 0.257. The molecule has 0 bridgehead atoms. The number of rotatable bonds is 2. The molecule has 156 valence electrons. The maximum absolute atomic E-state index is 13.1. The number of nitrogens with zero attached hydrogens (tertiary/aromatic N) is 5. The van der Waals surface area contributed by atoms with Gasteiger partial charge in [0.1, 0.15) is 5.82 Å². The Morgan fingerprint density at radius 3 is 2.97 bits per heavy atom. The lowest BCUT2D eigenvalue weighted by Crippen LogP contribution is -2.49. The molecule has 5 rings (SSSR count). The number of urea groups is 1. The Kier molecular flexibility index (Phi) is 4.58. The predicted octanol–water partition coefficient (Wildman–Crippen LogP) is 2.74. The summed E-state index contributed by atoms with van der Waals surface area (Å²) in [6.07, 6.45) is 4.58. The summed E-state index contributed by atoms with van der Waals surface area (Å²) >= 11 is 0. The van der Waals surface area contributed by atoms with E-state index < -0.39 is 0 Å². The molecule has 30 heavy (non-hydrogen) atoms. The van der Waals surface area contributed by atoms with Crippen molar-refractivity contribution in [2.45, 2.75) is 33.2 Å². The van der Waals surface area contributed by atoms with Crippen molar-refractivity contribution in [3.63, 3.8) is 0 Å². The highest BCUT2D eigenvalue weighted by atomic mass is 16.2. The number of hydrogen-bond acceptors (Lipinski definition) is 5. The number of piperazine rings is 1. The molecule has 8 nitrogen and oxygen atoms in total. The molecule has 2 amide bonds. The molecule has 1 fully saturated rings. The Labute approximate surface area is 175 Å². The third kappa shape index (κ3) is 3.27. The number of anilines is 3. The second-order valence-corrected chi connectivity index (χ2v) is 8.29. The van der Waals surface area contributed by atoms with Gasteiger partial charge < -0.3 is 15.5 Å². The van der Waals surface area contributed by atoms with Crippen molar-refractivity contribution in [1.29, 1.82) is 0 Å². The number of hydrogen-bond donors (Lipinski definition) is 2. The number of nitrogens with one attached hydrogen (secondary N) is 2. The number of fused-ring (bicyclic) bond motifs is 2. The third-order valence-corrected chi connectivity index (χ3v) is 5.97. The van der Waals surface area contributed by atoms with Gasteiger partial charge in [-0.05, 0) is 51.0 Å². The van der Waals surface area contributed by atoms with Crippen LogP contribution in [-0.4, -0.2) is 52.9 Å². The molecule has 0 aliphatic carbocycles. The molecule has 3 aromatic heterocycles. The van der Waals surface area contributed by atoms with Gasteiger partial charge in [0, 0.05) is 61.6 Å². The van der Waals surface area contributed by atoms with E-state index in [0.29, 0.717) is 12.6 Å². The number of carbonyl (C=O) groups is 1. The first-order chi connectivity index (χ1) is 14.5. The van der Waals surface area contributed by atoms with Crippen LogP contribution in [0, 0.1) is 13.8 Å². The van der Waals surface area contributed by atoms with Gasteiger partial charge in [-0.2, -0.15) is 5.10 Å². The standard InChI is InChI=1S/C22H27N7O/c1-14-12-29-17(10-15(2)26-29)11-19(14)25-22(30)28-8-5-18-20(4-6-24-21(18)28)27-9-7-23-16(3)13-27/h4,6,10-12,16,23H,5,7-9,13H2,1-3H3,(H,25,30)/t16-/m0/s1. The van der Waals surface area contributed by atoms with Crippen LogP contribution in [0.25, 0.3) is 5.52 Å². The summed E-state index contributed by atoms with van der Waals surface area (Å²) in [5.41, 5.74) is 6.05. The first kappa shape index (κ1) is 18.9. The van der Waals surface area contributed by atoms with Crippen LogP contribution >= 0.6 is 0 Å². The van der Waals surface area contributed by atoms with Gasteiger partial charge in [-0.1, -0.05) is 0 Å². The summed E-state index contributed by atoms with van der Waals surface area (Å²) in [6.45, 7) is 9.69. The highest BCUT2D eigenvalue weighted by Crippen LogP contribution is 2.34. The summed E-state index contributed by atoms with van der Waals surface area (Å²) in [7, 11) is 0. The largest absolute Gasteiger partial charge is 0.368 e. The minimum atomic E-state index is -0.143. The van der Waals surface area contributed by atoms with E-state index in [4.69, 9.17) is 0 Å². The van der Waals surface area contributed by atoms with E-state index in [-0.39, 0.29) is 6.03 Å². The van der Waals surface area contributed by atoms with Crippen LogP contribution in [0.1, 0.15) is 23.7 Å². The Bertz CT molecular complexity index is 1120. The van der Waals surface area contributed by atoms with Crippen LogP contribution in [0.5, 0.6) is 0 Å². The molecule has 5 heterocycles. The molecule has 0 unspecified atom stereocenters. The average Bonchev–Trinajstić information content (AvgIpc) is 3.30. The van der Waals surface area contributed by atoms with E-state index >= 15 is 0 Å². The summed E-state index contributed by atoms with van der Waals surface area (Å²) in [6, 6.07) is 6.36. The fourth-order valence-corrected chi connectivity index (χ4v) is 4.50. The van der Waals surface area contributed by atoms with E-state index in [1.165, 1.54) is 11.3 Å². The van der Waals surface area contributed by atoms with Crippen LogP contribution in [0.4, 0.5) is 22.0 Å². The Morgan fingerprint density at radius 2 is 2.13 bits per heavy atom. The third-order valence-electron chi connectivity index (χ3n) is 5.97. The first-order valence-electron chi connectivity index (χ1n) is 10.5. The molecule has 3 aromatic rings. The van der Waals surface area contributed by atoms with Gasteiger partial charge in [0.15, 0.2) is 0 Å². The second-order valence-electron chi connectivity index (χ2n) is 8.29. The molecule has 8 heteroatoms. The monoisotopic (exact) mass is 405 g/mol. The zero-order valence-electron chi connectivity index (χ0n) is 17.6. The second kappa shape index (κ2) is 7.28. The maximum atomic E-state index is 13.1. The van der Waals surface area contributed by atoms with Crippen molar-refractivity contribution < 1.29 is 4.79 Å². The normalized spacial score (nSPS) is 18.7. The van der Waals surface area contributed by atoms with E-state index in [1.54, 1.807) is 4.90 Å². The summed E-state index contributed by atoms with van der Waals surface area (Å²) in [5, 5.41) is 11.0. The molecule has 2 N–H and O–H groups in total. The van der Waals surface area contributed by atoms with Crippen molar-refractivity contribution in [1.82, 2.24) is 19.9 Å². The van der Waals surface area contributed by atoms with Gasteiger partial charge in [0.05, 0.1) is 11.2 Å². The van der Waals surface area contributed by atoms with Gasteiger partial charge in [-0.3, -0.25) is 4.90 Å². The smallest absolute Gasteiger partial charge is 0.327 e. The zero-order chi connectivity index (χ0) is 20.8. The molecule has 1 saturated heterocycles. The highest BCUT2D eigenvalue weighted by molar-refractivity contribution is 6.03. The van der Waals surface area contributed by atoms with Gasteiger partial charge in [-0.15, -0.1) is 0 Å². The van der Waals surface area contributed by atoms with Gasteiger partial charge >= 0.3 is 6.03 Å². The summed E-state index contributed by atoms with van der Waals surface area (Å²) in [5.74, 6) is 0.773. The van der Waals surface area contributed by atoms with Gasteiger partial charge in [0.2, 0.25) is 0 Å². The average molecular weight is 406 g/mol. The topological polar surface area (TPSA) is 77.8 Å². The highest BCUT2D eigenvalue weighted by Gasteiger charge is 2.30. The predicted molar refractivity (Wildman–Crippen MR) is 119 cm³/mol. The van der Waals surface area contributed by atoms with Crippen molar-refractivity contribution in [3.8, 4) is 0 Å².